The van der Waals surface area contributed by atoms with Gasteiger partial charge in [-0.1, -0.05) is 20.8 Å². The molecule has 0 aromatic carbocycles. The van der Waals surface area contributed by atoms with Gasteiger partial charge >= 0.3 is 0 Å². The molecule has 1 saturated heterocycles. The van der Waals surface area contributed by atoms with Gasteiger partial charge in [-0.25, -0.2) is 9.97 Å². The van der Waals surface area contributed by atoms with Crippen LogP contribution < -0.4 is 4.90 Å². The van der Waals surface area contributed by atoms with E-state index < -0.39 is 0 Å². The molecule has 23 heavy (non-hydrogen) atoms. The van der Waals surface area contributed by atoms with Crippen LogP contribution in [0.5, 0.6) is 0 Å². The van der Waals surface area contributed by atoms with Crippen LogP contribution in [0, 0.1) is 11.8 Å². The van der Waals surface area contributed by atoms with E-state index in [0.29, 0.717) is 5.92 Å². The third-order valence-electron chi connectivity index (χ3n) is 5.18. The third-order valence-corrected chi connectivity index (χ3v) is 6.33. The summed E-state index contributed by atoms with van der Waals surface area (Å²) in [5.41, 5.74) is 1.57. The molecule has 0 radical (unpaired) electrons. The van der Waals surface area contributed by atoms with Crippen LogP contribution in [0.15, 0.2) is 0 Å². The first-order chi connectivity index (χ1) is 11.1. The fourth-order valence-corrected chi connectivity index (χ4v) is 5.38. The van der Waals surface area contributed by atoms with Gasteiger partial charge < -0.3 is 4.90 Å². The van der Waals surface area contributed by atoms with Crippen molar-refractivity contribution in [2.45, 2.75) is 59.3 Å². The van der Waals surface area contributed by atoms with Crippen molar-refractivity contribution in [3.8, 4) is 0 Å². The van der Waals surface area contributed by atoms with Crippen LogP contribution in [0.2, 0.25) is 0 Å². The smallest absolute Gasteiger partial charge is 0.141 e. The van der Waals surface area contributed by atoms with Crippen molar-refractivity contribution in [1.82, 2.24) is 9.97 Å². The second kappa shape index (κ2) is 6.04. The highest BCUT2D eigenvalue weighted by molar-refractivity contribution is 7.19. The molecule has 0 amide bonds. The van der Waals surface area contributed by atoms with Gasteiger partial charge in [0, 0.05) is 24.4 Å². The Kier molecular flexibility index (Phi) is 4.04. The van der Waals surface area contributed by atoms with E-state index in [1.807, 2.05) is 11.3 Å². The van der Waals surface area contributed by atoms with E-state index in [0.717, 1.165) is 31.3 Å². The van der Waals surface area contributed by atoms with E-state index in [4.69, 9.17) is 9.97 Å². The first-order valence-corrected chi connectivity index (χ1v) is 9.99. The van der Waals surface area contributed by atoms with E-state index in [1.165, 1.54) is 48.1 Å². The number of hydrogen-bond donors (Lipinski definition) is 0. The zero-order chi connectivity index (χ0) is 16.0. The van der Waals surface area contributed by atoms with Crippen molar-refractivity contribution >= 4 is 27.4 Å². The number of aromatic nitrogens is 2. The zero-order valence-corrected chi connectivity index (χ0v) is 15.4. The minimum atomic E-state index is 0.605. The summed E-state index contributed by atoms with van der Waals surface area (Å²) in [5.74, 6) is 3.71. The van der Waals surface area contributed by atoms with Crippen LogP contribution >= 0.6 is 11.3 Å². The summed E-state index contributed by atoms with van der Waals surface area (Å²) in [6.07, 6.45) is 7.34. The van der Waals surface area contributed by atoms with Gasteiger partial charge in [0.25, 0.3) is 0 Å². The summed E-state index contributed by atoms with van der Waals surface area (Å²) in [5, 5.41) is 1.39. The topological polar surface area (TPSA) is 29.0 Å². The Morgan fingerprint density at radius 3 is 2.74 bits per heavy atom. The predicted octanol–water partition coefficient (Wildman–Crippen LogP) is 4.61. The van der Waals surface area contributed by atoms with Gasteiger partial charge in [-0.3, -0.25) is 0 Å². The second-order valence-electron chi connectivity index (χ2n) is 7.79. The Balaban J connectivity index is 1.87. The fourth-order valence-electron chi connectivity index (χ4n) is 3.98. The normalized spacial score (nSPS) is 21.4. The summed E-state index contributed by atoms with van der Waals surface area (Å²) in [7, 11) is 0. The lowest BCUT2D eigenvalue weighted by Gasteiger charge is -2.21. The zero-order valence-electron chi connectivity index (χ0n) is 14.6. The van der Waals surface area contributed by atoms with E-state index in [1.54, 1.807) is 10.4 Å². The summed E-state index contributed by atoms with van der Waals surface area (Å²) >= 11 is 1.94. The number of hydrogen-bond acceptors (Lipinski definition) is 4. The van der Waals surface area contributed by atoms with E-state index in [-0.39, 0.29) is 0 Å². The fraction of sp³-hybridized carbons (Fsp3) is 0.684. The average Bonchev–Trinajstić information content (AvgIpc) is 3.12. The lowest BCUT2D eigenvalue weighted by atomic mass is 9.89. The predicted molar refractivity (Wildman–Crippen MR) is 98.6 cm³/mol. The van der Waals surface area contributed by atoms with Gasteiger partial charge in [-0.05, 0) is 49.5 Å². The maximum absolute atomic E-state index is 5.04. The quantitative estimate of drug-likeness (QED) is 0.823. The molecule has 2 aromatic rings. The molecule has 1 atom stereocenters. The number of thiophene rings is 1. The van der Waals surface area contributed by atoms with E-state index >= 15 is 0 Å². The largest absolute Gasteiger partial charge is 0.356 e. The van der Waals surface area contributed by atoms with Crippen LogP contribution in [0.1, 0.15) is 56.3 Å². The SMILES string of the molecule is CC(C)Cc1nc(N2CCCC2)c2c3c(sc2n1)C[C@H](C)CC3. The van der Waals surface area contributed by atoms with Gasteiger partial charge in [-0.2, -0.15) is 0 Å². The van der Waals surface area contributed by atoms with Crippen molar-refractivity contribution in [2.75, 3.05) is 18.0 Å². The molecule has 0 spiro atoms. The summed E-state index contributed by atoms with van der Waals surface area (Å²) in [6, 6.07) is 0. The van der Waals surface area contributed by atoms with Gasteiger partial charge in [-0.15, -0.1) is 11.3 Å². The van der Waals surface area contributed by atoms with Crippen LogP contribution in [-0.4, -0.2) is 23.1 Å². The molecule has 3 heterocycles. The first kappa shape index (κ1) is 15.4. The van der Waals surface area contributed by atoms with Gasteiger partial charge in [0.15, 0.2) is 0 Å². The molecule has 124 valence electrons. The molecule has 0 saturated carbocycles. The Morgan fingerprint density at radius 2 is 2.00 bits per heavy atom. The molecule has 2 aromatic heterocycles. The Bertz CT molecular complexity index is 713. The van der Waals surface area contributed by atoms with Crippen molar-refractivity contribution < 1.29 is 0 Å². The van der Waals surface area contributed by atoms with E-state index in [9.17, 15) is 0 Å². The van der Waals surface area contributed by atoms with Gasteiger partial charge in [0.2, 0.25) is 0 Å². The maximum Gasteiger partial charge on any atom is 0.141 e. The molecule has 4 rings (SSSR count). The first-order valence-electron chi connectivity index (χ1n) is 9.18. The molecule has 0 unspecified atom stereocenters. The third kappa shape index (κ3) is 2.86. The molecule has 2 aliphatic rings. The van der Waals surface area contributed by atoms with Gasteiger partial charge in [0.1, 0.15) is 16.5 Å². The molecule has 0 N–H and O–H groups in total. The highest BCUT2D eigenvalue weighted by Gasteiger charge is 2.26. The van der Waals surface area contributed by atoms with Crippen molar-refractivity contribution in [1.29, 1.82) is 0 Å². The van der Waals surface area contributed by atoms with Crippen molar-refractivity contribution in [3.05, 3.63) is 16.3 Å². The summed E-state index contributed by atoms with van der Waals surface area (Å²) in [4.78, 5) is 15.3. The summed E-state index contributed by atoms with van der Waals surface area (Å²) < 4.78 is 0. The molecule has 1 fully saturated rings. The van der Waals surface area contributed by atoms with E-state index in [2.05, 4.69) is 25.7 Å². The van der Waals surface area contributed by atoms with Crippen molar-refractivity contribution in [3.63, 3.8) is 0 Å². The second-order valence-corrected chi connectivity index (χ2v) is 8.87. The monoisotopic (exact) mass is 329 g/mol. The number of nitrogens with zero attached hydrogens (tertiary/aromatic N) is 3. The highest BCUT2D eigenvalue weighted by Crippen LogP contribution is 2.41. The standard InChI is InChI=1S/C19H27N3S/c1-12(2)10-16-20-18(22-8-4-5-9-22)17-14-7-6-13(3)11-15(14)23-19(17)21-16/h12-13H,4-11H2,1-3H3/t13-/m1/s1. The minimum Gasteiger partial charge on any atom is -0.356 e. The molecular formula is C19H27N3S. The average molecular weight is 330 g/mol. The molecule has 4 heteroatoms. The molecule has 0 bridgehead atoms. The van der Waals surface area contributed by atoms with Crippen LogP contribution in [0.4, 0.5) is 5.82 Å². The Morgan fingerprint density at radius 1 is 1.22 bits per heavy atom. The number of rotatable bonds is 3. The highest BCUT2D eigenvalue weighted by atomic mass is 32.1. The maximum atomic E-state index is 5.04. The summed E-state index contributed by atoms with van der Waals surface area (Å²) in [6.45, 7) is 9.21. The molecular weight excluding hydrogens is 302 g/mol. The van der Waals surface area contributed by atoms with Crippen molar-refractivity contribution in [2.24, 2.45) is 11.8 Å². The van der Waals surface area contributed by atoms with Gasteiger partial charge in [0.05, 0.1) is 5.39 Å². The van der Waals surface area contributed by atoms with Crippen LogP contribution in [0.25, 0.3) is 10.2 Å². The number of aryl methyl sites for hydroxylation is 1. The Hall–Kier alpha value is -1.16. The lowest BCUT2D eigenvalue weighted by molar-refractivity contribution is 0.509. The Labute approximate surface area is 143 Å². The molecule has 3 nitrogen and oxygen atoms in total. The molecule has 1 aliphatic heterocycles. The number of anilines is 1. The number of fused-ring (bicyclic) bond motifs is 3. The molecule has 1 aliphatic carbocycles. The lowest BCUT2D eigenvalue weighted by Crippen LogP contribution is -2.21. The van der Waals surface area contributed by atoms with Crippen LogP contribution in [-0.2, 0) is 19.3 Å². The minimum absolute atomic E-state index is 0.605. The van der Waals surface area contributed by atoms with Crippen LogP contribution in [0.3, 0.4) is 0 Å².